The molecule has 0 heterocycles. The third-order valence-electron chi connectivity index (χ3n) is 4.32. The van der Waals surface area contributed by atoms with Crippen LogP contribution in [0.15, 0.2) is 71.6 Å². The normalized spacial score (nSPS) is 11.2. The highest BCUT2D eigenvalue weighted by Gasteiger charge is 2.25. The highest BCUT2D eigenvalue weighted by atomic mass is 35.5. The average Bonchev–Trinajstić information content (AvgIpc) is 2.74. The third kappa shape index (κ3) is 4.78. The molecule has 0 saturated heterocycles. The Morgan fingerprint density at radius 1 is 0.793 bits per heavy atom. The minimum absolute atomic E-state index is 0.0809. The second-order valence-electron chi connectivity index (χ2n) is 6.13. The number of sulfonamides is 1. The Morgan fingerprint density at radius 3 is 1.86 bits per heavy atom. The van der Waals surface area contributed by atoms with Gasteiger partial charge in [0.1, 0.15) is 11.5 Å². The maximum absolute atomic E-state index is 13.4. The van der Waals surface area contributed by atoms with Crippen molar-refractivity contribution in [2.24, 2.45) is 0 Å². The highest BCUT2D eigenvalue weighted by Crippen LogP contribution is 2.30. The number of anilines is 1. The molecule has 0 amide bonds. The Labute approximate surface area is 180 Å². The van der Waals surface area contributed by atoms with Crippen molar-refractivity contribution in [3.05, 3.63) is 82.3 Å². The minimum Gasteiger partial charge on any atom is -0.497 e. The molecule has 0 atom stereocenters. The van der Waals surface area contributed by atoms with Gasteiger partial charge in [-0.1, -0.05) is 29.3 Å². The first-order chi connectivity index (χ1) is 13.8. The molecular weight excluding hydrogens is 433 g/mol. The fourth-order valence-corrected chi connectivity index (χ4v) is 4.52. The van der Waals surface area contributed by atoms with E-state index in [0.717, 1.165) is 0 Å². The van der Waals surface area contributed by atoms with Crippen LogP contribution in [0.1, 0.15) is 5.56 Å². The molecule has 0 bridgehead atoms. The van der Waals surface area contributed by atoms with Crippen molar-refractivity contribution in [2.45, 2.75) is 11.4 Å². The van der Waals surface area contributed by atoms with Crippen molar-refractivity contribution in [3.63, 3.8) is 0 Å². The second-order valence-corrected chi connectivity index (χ2v) is 8.81. The second kappa shape index (κ2) is 8.95. The molecule has 5 nitrogen and oxygen atoms in total. The standard InChI is InChI=1S/C21H19Cl2NO4S/c1-27-17-6-4-16(5-7-17)24(14-15-3-12-20(22)21(23)13-15)29(25,26)19-10-8-18(28-2)9-11-19/h3-13H,14H2,1-2H3. The summed E-state index contributed by atoms with van der Waals surface area (Å²) in [4.78, 5) is 0.147. The number of ether oxygens (including phenoxy) is 2. The first-order valence-electron chi connectivity index (χ1n) is 8.60. The molecule has 3 aromatic carbocycles. The number of hydrogen-bond acceptors (Lipinski definition) is 4. The fourth-order valence-electron chi connectivity index (χ4n) is 2.74. The Balaban J connectivity index is 2.05. The van der Waals surface area contributed by atoms with Gasteiger partial charge in [0.2, 0.25) is 0 Å². The van der Waals surface area contributed by atoms with Crippen molar-refractivity contribution in [1.29, 1.82) is 0 Å². The Morgan fingerprint density at radius 2 is 1.34 bits per heavy atom. The van der Waals surface area contributed by atoms with Crippen molar-refractivity contribution in [3.8, 4) is 11.5 Å². The molecule has 3 rings (SSSR count). The van der Waals surface area contributed by atoms with Gasteiger partial charge < -0.3 is 9.47 Å². The van der Waals surface area contributed by atoms with Gasteiger partial charge in [-0.2, -0.15) is 0 Å². The Kier molecular flexibility index (Phi) is 6.57. The predicted octanol–water partition coefficient (Wildman–Crippen LogP) is 5.41. The smallest absolute Gasteiger partial charge is 0.264 e. The maximum Gasteiger partial charge on any atom is 0.264 e. The Bertz CT molecular complexity index is 1080. The van der Waals surface area contributed by atoms with Gasteiger partial charge in [-0.05, 0) is 66.2 Å². The van der Waals surface area contributed by atoms with E-state index in [1.54, 1.807) is 61.7 Å². The summed E-state index contributed by atoms with van der Waals surface area (Å²) < 4.78 is 38.5. The van der Waals surface area contributed by atoms with Crippen LogP contribution in [0.25, 0.3) is 0 Å². The molecule has 0 aliphatic heterocycles. The van der Waals surface area contributed by atoms with Crippen LogP contribution in [-0.4, -0.2) is 22.6 Å². The average molecular weight is 452 g/mol. The van der Waals surface area contributed by atoms with Crippen LogP contribution in [0.2, 0.25) is 10.0 Å². The molecule has 0 saturated carbocycles. The highest BCUT2D eigenvalue weighted by molar-refractivity contribution is 7.92. The number of nitrogens with zero attached hydrogens (tertiary/aromatic N) is 1. The first-order valence-corrected chi connectivity index (χ1v) is 10.8. The first kappa shape index (κ1) is 21.3. The molecule has 3 aromatic rings. The van der Waals surface area contributed by atoms with E-state index >= 15 is 0 Å². The maximum atomic E-state index is 13.4. The SMILES string of the molecule is COc1ccc(N(Cc2ccc(Cl)c(Cl)c2)S(=O)(=O)c2ccc(OC)cc2)cc1. The van der Waals surface area contributed by atoms with Gasteiger partial charge >= 0.3 is 0 Å². The lowest BCUT2D eigenvalue weighted by Gasteiger charge is -2.25. The van der Waals surface area contributed by atoms with Gasteiger partial charge in [-0.15, -0.1) is 0 Å². The van der Waals surface area contributed by atoms with Crippen molar-refractivity contribution < 1.29 is 17.9 Å². The van der Waals surface area contributed by atoms with Crippen LogP contribution in [-0.2, 0) is 16.6 Å². The van der Waals surface area contributed by atoms with Crippen LogP contribution in [0.4, 0.5) is 5.69 Å². The van der Waals surface area contributed by atoms with Crippen molar-refractivity contribution in [1.82, 2.24) is 0 Å². The zero-order chi connectivity index (χ0) is 21.0. The van der Waals surface area contributed by atoms with E-state index in [9.17, 15) is 8.42 Å². The van der Waals surface area contributed by atoms with E-state index in [1.165, 1.54) is 23.5 Å². The molecule has 0 radical (unpaired) electrons. The lowest BCUT2D eigenvalue weighted by Crippen LogP contribution is -2.30. The molecule has 0 aliphatic carbocycles. The number of hydrogen-bond donors (Lipinski definition) is 0. The number of halogens is 2. The molecule has 0 aromatic heterocycles. The fraction of sp³-hybridized carbons (Fsp3) is 0.143. The van der Waals surface area contributed by atoms with Gasteiger partial charge in [0.05, 0.1) is 41.4 Å². The molecule has 29 heavy (non-hydrogen) atoms. The van der Waals surface area contributed by atoms with Gasteiger partial charge in [0.15, 0.2) is 0 Å². The van der Waals surface area contributed by atoms with E-state index in [0.29, 0.717) is 32.8 Å². The predicted molar refractivity (Wildman–Crippen MR) is 116 cm³/mol. The summed E-state index contributed by atoms with van der Waals surface area (Å²) in [7, 11) is -0.782. The monoisotopic (exact) mass is 451 g/mol. The van der Waals surface area contributed by atoms with Gasteiger partial charge in [-0.25, -0.2) is 8.42 Å². The summed E-state index contributed by atoms with van der Waals surface area (Å²) in [6, 6.07) is 18.1. The summed E-state index contributed by atoms with van der Waals surface area (Å²) >= 11 is 12.1. The van der Waals surface area contributed by atoms with E-state index < -0.39 is 10.0 Å². The molecule has 0 unspecified atom stereocenters. The molecule has 152 valence electrons. The lowest BCUT2D eigenvalue weighted by atomic mass is 10.2. The van der Waals surface area contributed by atoms with Crippen molar-refractivity contribution in [2.75, 3.05) is 18.5 Å². The van der Waals surface area contributed by atoms with Crippen LogP contribution >= 0.6 is 23.2 Å². The molecule has 0 fully saturated rings. The number of methoxy groups -OCH3 is 2. The molecule has 0 spiro atoms. The van der Waals surface area contributed by atoms with Gasteiger partial charge in [0, 0.05) is 0 Å². The van der Waals surface area contributed by atoms with E-state index in [2.05, 4.69) is 0 Å². The number of rotatable bonds is 7. The molecular formula is C21H19Cl2NO4S. The zero-order valence-corrected chi connectivity index (χ0v) is 18.1. The van der Waals surface area contributed by atoms with Crippen LogP contribution in [0.3, 0.4) is 0 Å². The van der Waals surface area contributed by atoms with Crippen molar-refractivity contribution >= 4 is 38.9 Å². The van der Waals surface area contributed by atoms with Gasteiger partial charge in [-0.3, -0.25) is 4.31 Å². The quantitative estimate of drug-likeness (QED) is 0.481. The number of benzene rings is 3. The van der Waals surface area contributed by atoms with E-state index in [-0.39, 0.29) is 11.4 Å². The largest absolute Gasteiger partial charge is 0.497 e. The van der Waals surface area contributed by atoms with Gasteiger partial charge in [0.25, 0.3) is 10.0 Å². The molecule has 0 aliphatic rings. The summed E-state index contributed by atoms with van der Waals surface area (Å²) in [5, 5.41) is 0.769. The zero-order valence-electron chi connectivity index (χ0n) is 15.8. The Hall–Kier alpha value is -2.41. The van der Waals surface area contributed by atoms with Crippen LogP contribution < -0.4 is 13.8 Å². The summed E-state index contributed by atoms with van der Waals surface area (Å²) in [6.45, 7) is 0.0809. The molecule has 8 heteroatoms. The van der Waals surface area contributed by atoms with E-state index in [4.69, 9.17) is 32.7 Å². The topological polar surface area (TPSA) is 55.8 Å². The van der Waals surface area contributed by atoms with E-state index in [1.807, 2.05) is 0 Å². The van der Waals surface area contributed by atoms with Crippen LogP contribution in [0.5, 0.6) is 11.5 Å². The summed E-state index contributed by atoms with van der Waals surface area (Å²) in [5.74, 6) is 1.20. The summed E-state index contributed by atoms with van der Waals surface area (Å²) in [6.07, 6.45) is 0. The van der Waals surface area contributed by atoms with Crippen LogP contribution in [0, 0.1) is 0 Å². The summed E-state index contributed by atoms with van der Waals surface area (Å²) in [5.41, 5.74) is 1.19. The lowest BCUT2D eigenvalue weighted by molar-refractivity contribution is 0.414. The third-order valence-corrected chi connectivity index (χ3v) is 6.85. The molecule has 0 N–H and O–H groups in total. The minimum atomic E-state index is -3.86.